The second kappa shape index (κ2) is 3.63. The third kappa shape index (κ3) is 1.44. The third-order valence-corrected chi connectivity index (χ3v) is 1.49. The number of nitrogens with zero attached hydrogens (tertiary/aromatic N) is 4. The monoisotopic (exact) mass is 193 g/mol. The highest BCUT2D eigenvalue weighted by molar-refractivity contribution is 6.66. The Morgan fingerprint density at radius 1 is 1.50 bits per heavy atom. The molecule has 0 spiro atoms. The van der Waals surface area contributed by atoms with Gasteiger partial charge in [0.15, 0.2) is 0 Å². The molecule has 1 fully saturated rings. The van der Waals surface area contributed by atoms with Gasteiger partial charge in [0, 0.05) is 6.54 Å². The van der Waals surface area contributed by atoms with Crippen molar-refractivity contribution in [2.75, 3.05) is 6.54 Å². The van der Waals surface area contributed by atoms with Crippen LogP contribution in [-0.4, -0.2) is 39.8 Å². The standard InChI is InChI=1S/C7H5N4O3/c1-2-3-11-6(13)4(10-8)5(12)9-7(11)14/h2H,1,3H2. The van der Waals surface area contributed by atoms with Crippen LogP contribution < -0.4 is 5.32 Å². The SMILES string of the molecule is C=CCN1C(=O)[N]C(=O)C(=[N+]=[N-])C1=O. The topological polar surface area (TPSA) is 105 Å². The van der Waals surface area contributed by atoms with E-state index >= 15 is 0 Å². The Hall–Kier alpha value is -2.27. The molecule has 0 aromatic heterocycles. The summed E-state index contributed by atoms with van der Waals surface area (Å²) in [6.45, 7) is 3.23. The first-order valence-corrected chi connectivity index (χ1v) is 3.56. The lowest BCUT2D eigenvalue weighted by Gasteiger charge is -2.17. The summed E-state index contributed by atoms with van der Waals surface area (Å²) in [6, 6.07) is -0.979. The summed E-state index contributed by atoms with van der Waals surface area (Å²) >= 11 is 0. The first-order chi connectivity index (χ1) is 6.61. The predicted molar refractivity (Wildman–Crippen MR) is 43.1 cm³/mol. The van der Waals surface area contributed by atoms with Crippen molar-refractivity contribution in [3.63, 3.8) is 0 Å². The van der Waals surface area contributed by atoms with Crippen LogP contribution in [0, 0.1) is 0 Å². The van der Waals surface area contributed by atoms with E-state index in [0.29, 0.717) is 4.90 Å². The number of urea groups is 1. The lowest BCUT2D eigenvalue weighted by atomic mass is 10.2. The van der Waals surface area contributed by atoms with E-state index in [1.807, 2.05) is 0 Å². The van der Waals surface area contributed by atoms with E-state index in [4.69, 9.17) is 5.53 Å². The number of barbiturate groups is 1. The van der Waals surface area contributed by atoms with Crippen LogP contribution in [0.25, 0.3) is 5.53 Å². The van der Waals surface area contributed by atoms with Crippen LogP contribution in [0.5, 0.6) is 0 Å². The number of amides is 4. The molecule has 1 rings (SSSR count). The van der Waals surface area contributed by atoms with Gasteiger partial charge in [0.1, 0.15) is 0 Å². The minimum atomic E-state index is -1.14. The molecule has 71 valence electrons. The molecule has 0 saturated carbocycles. The van der Waals surface area contributed by atoms with E-state index in [-0.39, 0.29) is 6.54 Å². The average molecular weight is 193 g/mol. The van der Waals surface area contributed by atoms with Crippen molar-refractivity contribution < 1.29 is 19.2 Å². The van der Waals surface area contributed by atoms with E-state index in [1.54, 1.807) is 0 Å². The molecule has 1 aliphatic heterocycles. The fourth-order valence-electron chi connectivity index (χ4n) is 0.882. The highest BCUT2D eigenvalue weighted by Crippen LogP contribution is 2.00. The maximum Gasteiger partial charge on any atom is 0.446 e. The van der Waals surface area contributed by atoms with Crippen molar-refractivity contribution in [3.05, 3.63) is 18.2 Å². The number of rotatable bonds is 2. The Bertz CT molecular complexity index is 380. The first-order valence-electron chi connectivity index (χ1n) is 3.56. The third-order valence-electron chi connectivity index (χ3n) is 1.49. The molecule has 0 atom stereocenters. The van der Waals surface area contributed by atoms with Crippen LogP contribution in [0.3, 0.4) is 0 Å². The van der Waals surface area contributed by atoms with Crippen molar-refractivity contribution in [3.8, 4) is 0 Å². The van der Waals surface area contributed by atoms with Crippen molar-refractivity contribution in [2.45, 2.75) is 0 Å². The van der Waals surface area contributed by atoms with Gasteiger partial charge < -0.3 is 5.53 Å². The molecule has 1 radical (unpaired) electrons. The molecule has 0 bridgehead atoms. The Balaban J connectivity index is 3.06. The minimum Gasteiger partial charge on any atom is -0.360 e. The van der Waals surface area contributed by atoms with E-state index in [9.17, 15) is 14.4 Å². The molecule has 0 N–H and O–H groups in total. The van der Waals surface area contributed by atoms with Crippen molar-refractivity contribution in [1.82, 2.24) is 10.2 Å². The van der Waals surface area contributed by atoms with Gasteiger partial charge in [0.2, 0.25) is 0 Å². The molecular weight excluding hydrogens is 188 g/mol. The second-order valence-corrected chi connectivity index (χ2v) is 2.35. The zero-order valence-corrected chi connectivity index (χ0v) is 7.01. The van der Waals surface area contributed by atoms with Gasteiger partial charge >= 0.3 is 23.6 Å². The molecule has 4 amide bonds. The summed E-state index contributed by atoms with van der Waals surface area (Å²) in [4.78, 5) is 36.2. The Morgan fingerprint density at radius 3 is 2.64 bits per heavy atom. The highest BCUT2D eigenvalue weighted by atomic mass is 16.2. The summed E-state index contributed by atoms with van der Waals surface area (Å²) < 4.78 is 0. The molecule has 7 heteroatoms. The smallest absolute Gasteiger partial charge is 0.360 e. The van der Waals surface area contributed by atoms with E-state index in [1.165, 1.54) is 6.08 Å². The Labute approximate surface area is 78.6 Å². The maximum absolute atomic E-state index is 11.3. The number of carbonyl (C=O) groups is 3. The van der Waals surface area contributed by atoms with Crippen LogP contribution in [-0.2, 0) is 9.59 Å². The van der Waals surface area contributed by atoms with Gasteiger partial charge in [-0.2, -0.15) is 4.79 Å². The minimum absolute atomic E-state index is 0.0898. The van der Waals surface area contributed by atoms with Gasteiger partial charge in [-0.25, -0.2) is 9.69 Å². The quantitative estimate of drug-likeness (QED) is 0.317. The van der Waals surface area contributed by atoms with Crippen LogP contribution >= 0.6 is 0 Å². The number of hydrogen-bond donors (Lipinski definition) is 0. The fourth-order valence-corrected chi connectivity index (χ4v) is 0.882. The second-order valence-electron chi connectivity index (χ2n) is 2.35. The largest absolute Gasteiger partial charge is 0.446 e. The van der Waals surface area contributed by atoms with Crippen LogP contribution in [0.2, 0.25) is 0 Å². The molecule has 0 unspecified atom stereocenters. The van der Waals surface area contributed by atoms with Gasteiger partial charge in [0.25, 0.3) is 0 Å². The zero-order chi connectivity index (χ0) is 10.7. The number of imide groups is 2. The summed E-state index contributed by atoms with van der Waals surface area (Å²) in [5.41, 5.74) is 7.55. The van der Waals surface area contributed by atoms with Crippen molar-refractivity contribution in [2.24, 2.45) is 0 Å². The van der Waals surface area contributed by atoms with E-state index in [2.05, 4.69) is 16.7 Å². The number of hydrogen-bond acceptors (Lipinski definition) is 3. The van der Waals surface area contributed by atoms with Crippen LogP contribution in [0.15, 0.2) is 12.7 Å². The van der Waals surface area contributed by atoms with Crippen molar-refractivity contribution >= 4 is 23.6 Å². The molecule has 0 aromatic rings. The molecule has 1 aliphatic rings. The van der Waals surface area contributed by atoms with Gasteiger partial charge in [-0.15, -0.1) is 11.9 Å². The molecule has 7 nitrogen and oxygen atoms in total. The number of carbonyl (C=O) groups excluding carboxylic acids is 3. The average Bonchev–Trinajstić information content (AvgIpc) is 2.12. The summed E-state index contributed by atoms with van der Waals surface area (Å²) in [6.07, 6.45) is 1.29. The van der Waals surface area contributed by atoms with Crippen LogP contribution in [0.4, 0.5) is 4.79 Å². The lowest BCUT2D eigenvalue weighted by molar-refractivity contribution is -0.132. The normalized spacial score (nSPS) is 16.4. The van der Waals surface area contributed by atoms with Gasteiger partial charge in [0.05, 0.1) is 0 Å². The Kier molecular flexibility index (Phi) is 2.54. The summed E-state index contributed by atoms with van der Waals surface area (Å²) in [7, 11) is 0. The molecule has 0 aliphatic carbocycles. The molecule has 0 aromatic carbocycles. The summed E-state index contributed by atoms with van der Waals surface area (Å²) in [5.74, 6) is -2.11. The van der Waals surface area contributed by atoms with Crippen LogP contribution in [0.1, 0.15) is 0 Å². The van der Waals surface area contributed by atoms with Crippen molar-refractivity contribution in [1.29, 1.82) is 0 Å². The van der Waals surface area contributed by atoms with Gasteiger partial charge in [-0.05, 0) is 0 Å². The molecule has 1 saturated heterocycles. The molecular formula is C7H5N4O3. The molecule has 14 heavy (non-hydrogen) atoms. The van der Waals surface area contributed by atoms with Gasteiger partial charge in [-0.3, -0.25) is 9.59 Å². The van der Waals surface area contributed by atoms with Gasteiger partial charge in [-0.1, -0.05) is 6.08 Å². The van der Waals surface area contributed by atoms with E-state index in [0.717, 1.165) is 0 Å². The van der Waals surface area contributed by atoms with E-state index < -0.39 is 23.6 Å². The summed E-state index contributed by atoms with van der Waals surface area (Å²) in [5, 5.41) is 2.97. The Morgan fingerprint density at radius 2 is 2.14 bits per heavy atom. The first kappa shape index (κ1) is 9.82. The fraction of sp³-hybridized carbons (Fsp3) is 0.143. The zero-order valence-electron chi connectivity index (χ0n) is 7.01. The highest BCUT2D eigenvalue weighted by Gasteiger charge is 2.44. The lowest BCUT2D eigenvalue weighted by Crippen LogP contribution is -2.55. The molecule has 1 heterocycles. The predicted octanol–water partition coefficient (Wildman–Crippen LogP) is -1.06. The maximum atomic E-state index is 11.3.